The van der Waals surface area contributed by atoms with E-state index in [1.54, 1.807) is 7.11 Å². The summed E-state index contributed by atoms with van der Waals surface area (Å²) in [6.07, 6.45) is 1.76. The molecule has 1 atom stereocenters. The second-order valence-corrected chi connectivity index (χ2v) is 7.63. The van der Waals surface area contributed by atoms with Gasteiger partial charge in [0, 0.05) is 13.0 Å². The van der Waals surface area contributed by atoms with Gasteiger partial charge in [-0.1, -0.05) is 36.4 Å². The molecule has 1 aliphatic heterocycles. The van der Waals surface area contributed by atoms with Gasteiger partial charge in [0.2, 0.25) is 0 Å². The summed E-state index contributed by atoms with van der Waals surface area (Å²) >= 11 is 0. The zero-order valence-corrected chi connectivity index (χ0v) is 17.1. The number of carbonyl (C=O) groups excluding carboxylic acids is 1. The standard InChI is InChI=1S/C23H26N4O2/c1-16-9-11-19(20(13-16)29-3)23(28)26-14-17(2)27-21(24-25-22(27)15-26)12-10-18-7-5-4-6-8-18/h4-9,11,13,17H,10,12,14-15H2,1-3H3/t17-/m0/s1. The van der Waals surface area contributed by atoms with E-state index >= 15 is 0 Å². The van der Waals surface area contributed by atoms with Gasteiger partial charge in [0.25, 0.3) is 5.91 Å². The highest BCUT2D eigenvalue weighted by Gasteiger charge is 2.30. The molecule has 2 heterocycles. The van der Waals surface area contributed by atoms with Crippen molar-refractivity contribution in [3.05, 3.63) is 76.9 Å². The van der Waals surface area contributed by atoms with Gasteiger partial charge in [0.1, 0.15) is 11.6 Å². The molecule has 2 aromatic carbocycles. The van der Waals surface area contributed by atoms with Crippen molar-refractivity contribution in [2.75, 3.05) is 13.7 Å². The van der Waals surface area contributed by atoms with Crippen LogP contribution in [0, 0.1) is 6.92 Å². The number of aryl methyl sites for hydroxylation is 3. The van der Waals surface area contributed by atoms with Crippen LogP contribution in [0.15, 0.2) is 48.5 Å². The van der Waals surface area contributed by atoms with Crippen molar-refractivity contribution in [2.24, 2.45) is 0 Å². The number of carbonyl (C=O) groups is 1. The summed E-state index contributed by atoms with van der Waals surface area (Å²) in [5.41, 5.74) is 2.94. The number of hydrogen-bond donors (Lipinski definition) is 0. The van der Waals surface area contributed by atoms with Crippen LogP contribution in [0.5, 0.6) is 5.75 Å². The van der Waals surface area contributed by atoms with Crippen molar-refractivity contribution in [2.45, 2.75) is 39.3 Å². The number of benzene rings is 2. The first kappa shape index (κ1) is 19.2. The molecule has 1 aromatic heterocycles. The lowest BCUT2D eigenvalue weighted by Crippen LogP contribution is -2.41. The number of hydrogen-bond acceptors (Lipinski definition) is 4. The number of ether oxygens (including phenoxy) is 1. The lowest BCUT2D eigenvalue weighted by atomic mass is 10.1. The highest BCUT2D eigenvalue weighted by Crippen LogP contribution is 2.27. The van der Waals surface area contributed by atoms with E-state index in [9.17, 15) is 4.79 Å². The first-order valence-corrected chi connectivity index (χ1v) is 9.97. The summed E-state index contributed by atoms with van der Waals surface area (Å²) in [4.78, 5) is 15.0. The third-order valence-corrected chi connectivity index (χ3v) is 5.45. The van der Waals surface area contributed by atoms with Gasteiger partial charge in [0.05, 0.1) is 25.3 Å². The molecule has 0 aliphatic carbocycles. The van der Waals surface area contributed by atoms with Crippen LogP contribution in [0.1, 0.15) is 46.1 Å². The van der Waals surface area contributed by atoms with Gasteiger partial charge in [-0.2, -0.15) is 0 Å². The van der Waals surface area contributed by atoms with Gasteiger partial charge in [-0.3, -0.25) is 4.79 Å². The molecule has 4 rings (SSSR count). The summed E-state index contributed by atoms with van der Waals surface area (Å²) in [5, 5.41) is 8.82. The molecule has 1 amide bonds. The number of methoxy groups -OCH3 is 1. The molecule has 6 nitrogen and oxygen atoms in total. The van der Waals surface area contributed by atoms with Crippen molar-refractivity contribution < 1.29 is 9.53 Å². The Hall–Kier alpha value is -3.15. The minimum Gasteiger partial charge on any atom is -0.496 e. The van der Waals surface area contributed by atoms with Crippen LogP contribution < -0.4 is 4.74 Å². The van der Waals surface area contributed by atoms with Gasteiger partial charge in [-0.15, -0.1) is 10.2 Å². The van der Waals surface area contributed by atoms with E-state index in [1.807, 2.05) is 36.1 Å². The van der Waals surface area contributed by atoms with Crippen LogP contribution in [-0.2, 0) is 19.4 Å². The Morgan fingerprint density at radius 1 is 1.14 bits per heavy atom. The summed E-state index contributed by atoms with van der Waals surface area (Å²) < 4.78 is 7.63. The minimum absolute atomic E-state index is 0.0335. The molecule has 0 bridgehead atoms. The topological polar surface area (TPSA) is 60.2 Å². The van der Waals surface area contributed by atoms with Gasteiger partial charge in [-0.05, 0) is 43.5 Å². The van der Waals surface area contributed by atoms with Crippen molar-refractivity contribution in [3.8, 4) is 5.75 Å². The maximum atomic E-state index is 13.2. The summed E-state index contributed by atoms with van der Waals surface area (Å²) in [6.45, 7) is 5.18. The van der Waals surface area contributed by atoms with E-state index in [4.69, 9.17) is 4.74 Å². The SMILES string of the molecule is COc1cc(C)ccc1C(=O)N1Cc2nnc(CCc3ccccc3)n2[C@@H](C)C1. The number of fused-ring (bicyclic) bond motifs is 1. The Morgan fingerprint density at radius 3 is 2.69 bits per heavy atom. The maximum absolute atomic E-state index is 13.2. The van der Waals surface area contributed by atoms with Gasteiger partial charge in [-0.25, -0.2) is 0 Å². The highest BCUT2D eigenvalue weighted by molar-refractivity contribution is 5.97. The number of aromatic nitrogens is 3. The molecule has 0 fully saturated rings. The van der Waals surface area contributed by atoms with Crippen LogP contribution in [0.25, 0.3) is 0 Å². The molecule has 0 radical (unpaired) electrons. The largest absolute Gasteiger partial charge is 0.496 e. The second kappa shape index (κ2) is 8.07. The third-order valence-electron chi connectivity index (χ3n) is 5.45. The predicted molar refractivity (Wildman–Crippen MR) is 111 cm³/mol. The van der Waals surface area contributed by atoms with E-state index in [0.717, 1.165) is 30.1 Å². The van der Waals surface area contributed by atoms with Crippen LogP contribution in [0.3, 0.4) is 0 Å². The molecule has 1 aliphatic rings. The molecule has 0 N–H and O–H groups in total. The Morgan fingerprint density at radius 2 is 1.93 bits per heavy atom. The Labute approximate surface area is 171 Å². The van der Waals surface area contributed by atoms with Crippen LogP contribution >= 0.6 is 0 Å². The van der Waals surface area contributed by atoms with Crippen molar-refractivity contribution >= 4 is 5.91 Å². The fourth-order valence-corrected chi connectivity index (χ4v) is 3.98. The van der Waals surface area contributed by atoms with E-state index in [0.29, 0.717) is 24.4 Å². The first-order valence-electron chi connectivity index (χ1n) is 9.97. The average Bonchev–Trinajstić information content (AvgIpc) is 3.16. The Kier molecular flexibility index (Phi) is 5.34. The van der Waals surface area contributed by atoms with Gasteiger partial charge < -0.3 is 14.2 Å². The predicted octanol–water partition coefficient (Wildman–Crippen LogP) is 3.60. The van der Waals surface area contributed by atoms with E-state index in [2.05, 4.69) is 46.0 Å². The maximum Gasteiger partial charge on any atom is 0.258 e. The molecule has 29 heavy (non-hydrogen) atoms. The zero-order valence-electron chi connectivity index (χ0n) is 17.1. The molecular weight excluding hydrogens is 364 g/mol. The molecular formula is C23H26N4O2. The molecule has 150 valence electrons. The van der Waals surface area contributed by atoms with E-state index < -0.39 is 0 Å². The van der Waals surface area contributed by atoms with Crippen LogP contribution in [-0.4, -0.2) is 39.2 Å². The molecule has 6 heteroatoms. The quantitative estimate of drug-likeness (QED) is 0.668. The molecule has 0 unspecified atom stereocenters. The number of nitrogens with zero attached hydrogens (tertiary/aromatic N) is 4. The Balaban J connectivity index is 1.52. The number of amides is 1. The smallest absolute Gasteiger partial charge is 0.258 e. The molecule has 0 saturated heterocycles. The molecule has 0 spiro atoms. The lowest BCUT2D eigenvalue weighted by Gasteiger charge is -2.33. The fourth-order valence-electron chi connectivity index (χ4n) is 3.98. The average molecular weight is 390 g/mol. The fraction of sp³-hybridized carbons (Fsp3) is 0.348. The number of rotatable bonds is 5. The Bertz CT molecular complexity index is 1010. The summed E-state index contributed by atoms with van der Waals surface area (Å²) in [5.74, 6) is 2.40. The second-order valence-electron chi connectivity index (χ2n) is 7.63. The van der Waals surface area contributed by atoms with Crippen molar-refractivity contribution in [1.29, 1.82) is 0 Å². The minimum atomic E-state index is -0.0335. The monoisotopic (exact) mass is 390 g/mol. The normalized spacial score (nSPS) is 15.8. The zero-order chi connectivity index (χ0) is 20.4. The van der Waals surface area contributed by atoms with Crippen molar-refractivity contribution in [1.82, 2.24) is 19.7 Å². The van der Waals surface area contributed by atoms with Gasteiger partial charge in [0.15, 0.2) is 5.82 Å². The van der Waals surface area contributed by atoms with Crippen LogP contribution in [0.2, 0.25) is 0 Å². The van der Waals surface area contributed by atoms with Crippen molar-refractivity contribution in [3.63, 3.8) is 0 Å². The van der Waals surface area contributed by atoms with E-state index in [1.165, 1.54) is 5.56 Å². The summed E-state index contributed by atoms with van der Waals surface area (Å²) in [7, 11) is 1.60. The third kappa shape index (κ3) is 3.88. The lowest BCUT2D eigenvalue weighted by molar-refractivity contribution is 0.0676. The van der Waals surface area contributed by atoms with Crippen LogP contribution in [0.4, 0.5) is 0 Å². The molecule has 3 aromatic rings. The van der Waals surface area contributed by atoms with E-state index in [-0.39, 0.29) is 11.9 Å². The van der Waals surface area contributed by atoms with Gasteiger partial charge >= 0.3 is 0 Å². The summed E-state index contributed by atoms with van der Waals surface area (Å²) in [6, 6.07) is 16.2. The molecule has 0 saturated carbocycles. The highest BCUT2D eigenvalue weighted by atomic mass is 16.5. The first-order chi connectivity index (χ1) is 14.1.